The average molecular weight is 237 g/mol. The topological polar surface area (TPSA) is 62.7 Å². The molecule has 0 atom stereocenters. The van der Waals surface area contributed by atoms with Gasteiger partial charge >= 0.3 is 12.2 Å². The van der Waals surface area contributed by atoms with Gasteiger partial charge in [-0.1, -0.05) is 29.8 Å². The minimum atomic E-state index is -0.691. The second-order valence-corrected chi connectivity index (χ2v) is 3.26. The number of nitrogens with zero attached hydrogens (tertiary/aromatic N) is 2. The number of carbonyl (C=O) groups is 1. The zero-order valence-corrected chi connectivity index (χ0v) is 9.09. The Labute approximate surface area is 97.7 Å². The van der Waals surface area contributed by atoms with Crippen LogP contribution in [0.2, 0.25) is 5.02 Å². The van der Waals surface area contributed by atoms with E-state index in [0.29, 0.717) is 11.2 Å². The second kappa shape index (κ2) is 6.56. The van der Waals surface area contributed by atoms with Crippen LogP contribution in [0.25, 0.3) is 11.6 Å². The lowest BCUT2D eigenvalue weighted by Gasteiger charge is -1.94. The van der Waals surface area contributed by atoms with Gasteiger partial charge in [0, 0.05) is 5.02 Å². The molecule has 5 heteroatoms. The molecule has 0 spiro atoms. The Hall–Kier alpha value is -1.90. The van der Waals surface area contributed by atoms with Gasteiger partial charge < -0.3 is 10.3 Å². The van der Waals surface area contributed by atoms with Gasteiger partial charge in [0.15, 0.2) is 0 Å². The molecule has 0 bridgehead atoms. The summed E-state index contributed by atoms with van der Waals surface area (Å²) in [6.45, 7) is 0.119. The highest BCUT2D eigenvalue weighted by Gasteiger charge is 1.99. The van der Waals surface area contributed by atoms with Gasteiger partial charge in [0.25, 0.3) is 0 Å². The molecule has 0 N–H and O–H groups in total. The molecule has 0 fully saturated rings. The second-order valence-electron chi connectivity index (χ2n) is 2.83. The van der Waals surface area contributed by atoms with Crippen LogP contribution in [0, 0.1) is 0 Å². The first-order chi connectivity index (χ1) is 7.72. The maximum Gasteiger partial charge on any atom is 0.413 e. The van der Waals surface area contributed by atoms with E-state index in [4.69, 9.17) is 17.1 Å². The molecule has 4 nitrogen and oxygen atoms in total. The highest BCUT2D eigenvalue weighted by atomic mass is 35.5. The van der Waals surface area contributed by atoms with Crippen molar-refractivity contribution in [2.75, 3.05) is 6.61 Å². The Balaban J connectivity index is 2.40. The third-order valence-electron chi connectivity index (χ3n) is 1.67. The van der Waals surface area contributed by atoms with E-state index in [-0.39, 0.29) is 6.61 Å². The van der Waals surface area contributed by atoms with Crippen LogP contribution in [-0.4, -0.2) is 23.6 Å². The average Bonchev–Trinajstić information content (AvgIpc) is 2.27. The van der Waals surface area contributed by atoms with Gasteiger partial charge in [-0.2, -0.15) is 4.79 Å². The van der Waals surface area contributed by atoms with Gasteiger partial charge in [0.05, 0.1) is 0 Å². The number of hydrogen-bond acceptors (Lipinski definition) is 2. The van der Waals surface area contributed by atoms with E-state index < -0.39 is 5.97 Å². The van der Waals surface area contributed by atoms with Crippen molar-refractivity contribution in [3.05, 3.63) is 46.5 Å². The van der Waals surface area contributed by atoms with E-state index in [0.717, 1.165) is 5.56 Å². The highest BCUT2D eigenvalue weighted by molar-refractivity contribution is 6.30. The normalized spacial score (nSPS) is 9.81. The fraction of sp³-hybridized carbons (Fsp3) is 0.0909. The first kappa shape index (κ1) is 12.2. The molecule has 0 amide bonds. The van der Waals surface area contributed by atoms with Crippen molar-refractivity contribution >= 4 is 29.9 Å². The smallest absolute Gasteiger partial charge is 0.413 e. The van der Waals surface area contributed by atoms with E-state index in [1.54, 1.807) is 24.3 Å². The van der Waals surface area contributed by atoms with E-state index in [2.05, 4.69) is 9.53 Å². The summed E-state index contributed by atoms with van der Waals surface area (Å²) in [6, 6.07) is 7.23. The number of esters is 1. The number of halogens is 1. The van der Waals surface area contributed by atoms with Crippen LogP contribution in [-0.2, 0) is 9.53 Å². The molecule has 1 rings (SSSR count). The Bertz CT molecular complexity index is 434. The van der Waals surface area contributed by atoms with Crippen LogP contribution in [0.1, 0.15) is 5.56 Å². The largest absolute Gasteiger partial charge is 0.453 e. The fourth-order valence-electron chi connectivity index (χ4n) is 0.973. The molecule has 0 aliphatic rings. The minimum Gasteiger partial charge on any atom is -0.453 e. The Morgan fingerprint density at radius 1 is 1.44 bits per heavy atom. The van der Waals surface area contributed by atoms with Crippen molar-refractivity contribution in [2.24, 2.45) is 0 Å². The molecule has 0 heterocycles. The third-order valence-corrected chi connectivity index (χ3v) is 1.92. The number of rotatable bonds is 4. The molecular weight excluding hydrogens is 228 g/mol. The van der Waals surface area contributed by atoms with Crippen molar-refractivity contribution in [2.45, 2.75) is 0 Å². The molecule has 1 aromatic carbocycles. The molecule has 0 saturated heterocycles. The Kier molecular flexibility index (Phi) is 4.99. The van der Waals surface area contributed by atoms with Crippen LogP contribution in [0.15, 0.2) is 30.3 Å². The van der Waals surface area contributed by atoms with Crippen LogP contribution < -0.4 is 0 Å². The molecule has 0 aromatic heterocycles. The molecule has 16 heavy (non-hydrogen) atoms. The summed E-state index contributed by atoms with van der Waals surface area (Å²) >= 11 is 5.72. The Morgan fingerprint density at radius 2 is 2.12 bits per heavy atom. The molecule has 1 aromatic rings. The Morgan fingerprint density at radius 3 is 2.75 bits per heavy atom. The quantitative estimate of drug-likeness (QED) is 0.348. The SMILES string of the molecule is [N-]=[N+]=CC(=O)OC/C=C\c1ccc(Cl)cc1. The van der Waals surface area contributed by atoms with E-state index >= 15 is 0 Å². The van der Waals surface area contributed by atoms with E-state index in [1.807, 2.05) is 12.1 Å². The molecule has 82 valence electrons. The summed E-state index contributed by atoms with van der Waals surface area (Å²) in [5.74, 6) is -0.691. The van der Waals surface area contributed by atoms with Gasteiger partial charge in [-0.15, -0.1) is 0 Å². The monoisotopic (exact) mass is 236 g/mol. The van der Waals surface area contributed by atoms with Crippen molar-refractivity contribution in [3.63, 3.8) is 0 Å². The van der Waals surface area contributed by atoms with Crippen LogP contribution in [0.4, 0.5) is 0 Å². The summed E-state index contributed by atoms with van der Waals surface area (Å²) in [6.07, 6.45) is 4.15. The number of hydrogen-bond donors (Lipinski definition) is 0. The predicted molar refractivity (Wildman–Crippen MR) is 61.1 cm³/mol. The summed E-state index contributed by atoms with van der Waals surface area (Å²) in [7, 11) is 0. The van der Waals surface area contributed by atoms with Crippen molar-refractivity contribution in [1.82, 2.24) is 0 Å². The van der Waals surface area contributed by atoms with E-state index in [9.17, 15) is 4.79 Å². The number of ether oxygens (including phenoxy) is 1. The van der Waals surface area contributed by atoms with Crippen molar-refractivity contribution in [3.8, 4) is 0 Å². The van der Waals surface area contributed by atoms with Gasteiger partial charge in [-0.05, 0) is 23.8 Å². The number of carbonyl (C=O) groups excluding carboxylic acids is 1. The molecule has 0 saturated carbocycles. The summed E-state index contributed by atoms with van der Waals surface area (Å²) < 4.78 is 4.67. The third kappa shape index (κ3) is 4.55. The fourth-order valence-corrected chi connectivity index (χ4v) is 1.10. The predicted octanol–water partition coefficient (Wildman–Crippen LogP) is 2.20. The molecule has 0 unspecified atom stereocenters. The summed E-state index contributed by atoms with van der Waals surface area (Å²) in [5.41, 5.74) is 8.99. The zero-order chi connectivity index (χ0) is 11.8. The van der Waals surface area contributed by atoms with Crippen LogP contribution >= 0.6 is 11.6 Å². The van der Waals surface area contributed by atoms with Crippen molar-refractivity contribution < 1.29 is 14.3 Å². The molecular formula is C11H9ClN2O2. The zero-order valence-electron chi connectivity index (χ0n) is 8.34. The lowest BCUT2D eigenvalue weighted by atomic mass is 10.2. The summed E-state index contributed by atoms with van der Waals surface area (Å²) in [5, 5.41) is 0.669. The van der Waals surface area contributed by atoms with Gasteiger partial charge in [0.1, 0.15) is 6.61 Å². The highest BCUT2D eigenvalue weighted by Crippen LogP contribution is 2.10. The van der Waals surface area contributed by atoms with Crippen LogP contribution in [0.5, 0.6) is 0 Å². The first-order valence-electron chi connectivity index (χ1n) is 4.48. The van der Waals surface area contributed by atoms with Gasteiger partial charge in [-0.3, -0.25) is 0 Å². The lowest BCUT2D eigenvalue weighted by Crippen LogP contribution is -2.05. The van der Waals surface area contributed by atoms with Gasteiger partial charge in [-0.25, -0.2) is 4.79 Å². The summed E-state index contributed by atoms with van der Waals surface area (Å²) in [4.78, 5) is 13.3. The molecule has 0 radical (unpaired) electrons. The molecule has 0 aliphatic carbocycles. The minimum absolute atomic E-state index is 0.119. The number of benzene rings is 1. The maximum absolute atomic E-state index is 10.7. The van der Waals surface area contributed by atoms with Crippen molar-refractivity contribution in [1.29, 1.82) is 0 Å². The maximum atomic E-state index is 10.7. The first-order valence-corrected chi connectivity index (χ1v) is 4.86. The van der Waals surface area contributed by atoms with Crippen LogP contribution in [0.3, 0.4) is 0 Å². The van der Waals surface area contributed by atoms with Gasteiger partial charge in [0.2, 0.25) is 0 Å². The standard InChI is InChI=1S/C11H9ClN2O2/c12-10-5-3-9(4-6-10)2-1-7-16-11(15)8-14-13/h1-6,8H,7H2/b2-1-. The lowest BCUT2D eigenvalue weighted by molar-refractivity contribution is -0.137. The van der Waals surface area contributed by atoms with E-state index in [1.165, 1.54) is 0 Å². The molecule has 0 aliphatic heterocycles.